The van der Waals surface area contributed by atoms with Gasteiger partial charge in [0.1, 0.15) is 0 Å². The third kappa shape index (κ3) is 11.1. The minimum atomic E-state index is -0.925. The van der Waals surface area contributed by atoms with Gasteiger partial charge in [-0.05, 0) is 26.3 Å². The molecule has 0 amide bonds. The number of carbonyl (C=O) groups is 1. The molecule has 4 nitrogen and oxygen atoms in total. The largest absolute Gasteiger partial charge is 0.478 e. The number of aliphatic carboxylic acids is 1. The summed E-state index contributed by atoms with van der Waals surface area (Å²) in [7, 11) is 0. The third-order valence-corrected chi connectivity index (χ3v) is 1.50. The summed E-state index contributed by atoms with van der Waals surface area (Å²) in [6.07, 6.45) is 4.09. The van der Waals surface area contributed by atoms with Crippen molar-refractivity contribution in [1.82, 2.24) is 5.32 Å². The summed E-state index contributed by atoms with van der Waals surface area (Å²) in [4.78, 5) is 10.0. The first-order valence-corrected chi connectivity index (χ1v) is 4.41. The van der Waals surface area contributed by atoms with Crippen molar-refractivity contribution in [1.29, 1.82) is 0 Å². The highest BCUT2D eigenvalue weighted by Crippen LogP contribution is 1.92. The number of rotatable bonds is 7. The fourth-order valence-corrected chi connectivity index (χ4v) is 0.868. The molecule has 0 aromatic heterocycles. The summed E-state index contributed by atoms with van der Waals surface area (Å²) in [5.74, 6) is -0.925. The summed E-state index contributed by atoms with van der Waals surface area (Å²) >= 11 is 0. The number of aliphatic hydroxyl groups is 1. The zero-order valence-corrected chi connectivity index (χ0v) is 7.86. The van der Waals surface area contributed by atoms with E-state index in [0.717, 1.165) is 25.5 Å². The van der Waals surface area contributed by atoms with Gasteiger partial charge in [0.25, 0.3) is 0 Å². The van der Waals surface area contributed by atoms with Crippen LogP contribution < -0.4 is 5.32 Å². The molecule has 13 heavy (non-hydrogen) atoms. The van der Waals surface area contributed by atoms with Crippen LogP contribution in [0.5, 0.6) is 0 Å². The number of carboxylic acid groups (broad SMARTS) is 1. The second kappa shape index (κ2) is 7.76. The maximum absolute atomic E-state index is 10.0. The second-order valence-corrected chi connectivity index (χ2v) is 2.94. The van der Waals surface area contributed by atoms with Crippen molar-refractivity contribution < 1.29 is 15.0 Å². The lowest BCUT2D eigenvalue weighted by Crippen LogP contribution is -2.16. The molecule has 0 spiro atoms. The monoisotopic (exact) mass is 187 g/mol. The molecule has 1 atom stereocenters. The van der Waals surface area contributed by atoms with Crippen molar-refractivity contribution in [3.8, 4) is 0 Å². The van der Waals surface area contributed by atoms with Crippen LogP contribution in [0.15, 0.2) is 12.2 Å². The van der Waals surface area contributed by atoms with Crippen molar-refractivity contribution in [2.24, 2.45) is 0 Å². The maximum atomic E-state index is 10.0. The van der Waals surface area contributed by atoms with Crippen molar-refractivity contribution in [3.05, 3.63) is 12.2 Å². The number of hydrogen-bond acceptors (Lipinski definition) is 3. The SMILES string of the molecule is CC(O)CCCNC/C=C/C(=O)O. The minimum Gasteiger partial charge on any atom is -0.478 e. The molecule has 0 aliphatic rings. The van der Waals surface area contributed by atoms with Crippen LogP contribution >= 0.6 is 0 Å². The number of aliphatic hydroxyl groups excluding tert-OH is 1. The van der Waals surface area contributed by atoms with Gasteiger partial charge >= 0.3 is 5.97 Å². The lowest BCUT2D eigenvalue weighted by molar-refractivity contribution is -0.131. The number of nitrogens with one attached hydrogen (secondary N) is 1. The molecule has 0 radical (unpaired) electrons. The van der Waals surface area contributed by atoms with Crippen LogP contribution in [0.2, 0.25) is 0 Å². The molecular formula is C9H17NO3. The lowest BCUT2D eigenvalue weighted by Gasteiger charge is -2.03. The van der Waals surface area contributed by atoms with Crippen molar-refractivity contribution in [2.75, 3.05) is 13.1 Å². The Hall–Kier alpha value is -0.870. The first-order valence-electron chi connectivity index (χ1n) is 4.41. The molecular weight excluding hydrogens is 170 g/mol. The van der Waals surface area contributed by atoms with E-state index in [1.54, 1.807) is 13.0 Å². The van der Waals surface area contributed by atoms with E-state index in [2.05, 4.69) is 5.32 Å². The van der Waals surface area contributed by atoms with Gasteiger partial charge in [-0.2, -0.15) is 0 Å². The Kier molecular flexibility index (Phi) is 7.24. The Bertz CT molecular complexity index is 166. The van der Waals surface area contributed by atoms with Crippen molar-refractivity contribution >= 4 is 5.97 Å². The van der Waals surface area contributed by atoms with Crippen LogP contribution in [0, 0.1) is 0 Å². The fraction of sp³-hybridized carbons (Fsp3) is 0.667. The molecule has 0 bridgehead atoms. The van der Waals surface area contributed by atoms with E-state index in [-0.39, 0.29) is 6.10 Å². The molecule has 0 fully saturated rings. The van der Waals surface area contributed by atoms with Crippen LogP contribution in [-0.4, -0.2) is 35.4 Å². The molecule has 0 aliphatic carbocycles. The Labute approximate surface area is 78.3 Å². The molecule has 3 N–H and O–H groups in total. The fourth-order valence-electron chi connectivity index (χ4n) is 0.868. The van der Waals surface area contributed by atoms with Crippen LogP contribution in [0.4, 0.5) is 0 Å². The summed E-state index contributed by atoms with van der Waals surface area (Å²) < 4.78 is 0. The van der Waals surface area contributed by atoms with Gasteiger partial charge in [0.15, 0.2) is 0 Å². The summed E-state index contributed by atoms with van der Waals surface area (Å²) in [5.41, 5.74) is 0. The Morgan fingerprint density at radius 3 is 2.85 bits per heavy atom. The van der Waals surface area contributed by atoms with Gasteiger partial charge in [0.2, 0.25) is 0 Å². The van der Waals surface area contributed by atoms with E-state index in [9.17, 15) is 4.79 Å². The van der Waals surface area contributed by atoms with Gasteiger partial charge in [-0.25, -0.2) is 4.79 Å². The van der Waals surface area contributed by atoms with Crippen molar-refractivity contribution in [2.45, 2.75) is 25.9 Å². The molecule has 0 saturated carbocycles. The second-order valence-electron chi connectivity index (χ2n) is 2.94. The van der Waals surface area contributed by atoms with Gasteiger partial charge < -0.3 is 15.5 Å². The smallest absolute Gasteiger partial charge is 0.328 e. The molecule has 0 saturated heterocycles. The van der Waals surface area contributed by atoms with E-state index in [4.69, 9.17) is 10.2 Å². The highest BCUT2D eigenvalue weighted by atomic mass is 16.4. The Morgan fingerprint density at radius 2 is 2.31 bits per heavy atom. The van der Waals surface area contributed by atoms with Gasteiger partial charge in [-0.15, -0.1) is 0 Å². The van der Waals surface area contributed by atoms with E-state index in [1.807, 2.05) is 0 Å². The van der Waals surface area contributed by atoms with Gasteiger partial charge in [0, 0.05) is 12.6 Å². The summed E-state index contributed by atoms with van der Waals surface area (Å²) in [6, 6.07) is 0. The zero-order valence-electron chi connectivity index (χ0n) is 7.86. The van der Waals surface area contributed by atoms with Gasteiger partial charge in [-0.3, -0.25) is 0 Å². The third-order valence-electron chi connectivity index (χ3n) is 1.50. The van der Waals surface area contributed by atoms with E-state index in [0.29, 0.717) is 6.54 Å². The Morgan fingerprint density at radius 1 is 1.62 bits per heavy atom. The quantitative estimate of drug-likeness (QED) is 0.398. The van der Waals surface area contributed by atoms with Crippen LogP contribution in [0.3, 0.4) is 0 Å². The van der Waals surface area contributed by atoms with Gasteiger partial charge in [0.05, 0.1) is 6.10 Å². The van der Waals surface area contributed by atoms with E-state index in [1.165, 1.54) is 0 Å². The number of hydrogen-bond donors (Lipinski definition) is 3. The summed E-state index contributed by atoms with van der Waals surface area (Å²) in [5, 5.41) is 20.2. The zero-order chi connectivity index (χ0) is 10.1. The lowest BCUT2D eigenvalue weighted by atomic mass is 10.2. The molecule has 0 heterocycles. The minimum absolute atomic E-state index is 0.253. The van der Waals surface area contributed by atoms with Crippen molar-refractivity contribution in [3.63, 3.8) is 0 Å². The average molecular weight is 187 g/mol. The highest BCUT2D eigenvalue weighted by molar-refractivity contribution is 5.79. The van der Waals surface area contributed by atoms with Crippen LogP contribution in [-0.2, 0) is 4.79 Å². The predicted octanol–water partition coefficient (Wildman–Crippen LogP) is 0.378. The Balaban J connectivity index is 3.13. The molecule has 76 valence electrons. The first kappa shape index (κ1) is 12.1. The average Bonchev–Trinajstić information content (AvgIpc) is 2.01. The topological polar surface area (TPSA) is 69.6 Å². The predicted molar refractivity (Wildman–Crippen MR) is 50.6 cm³/mol. The van der Waals surface area contributed by atoms with E-state index < -0.39 is 5.97 Å². The number of carboxylic acids is 1. The van der Waals surface area contributed by atoms with E-state index >= 15 is 0 Å². The molecule has 1 unspecified atom stereocenters. The maximum Gasteiger partial charge on any atom is 0.328 e. The molecule has 0 aliphatic heterocycles. The summed E-state index contributed by atoms with van der Waals surface area (Å²) in [6.45, 7) is 3.12. The first-order chi connectivity index (χ1) is 6.13. The normalized spacial score (nSPS) is 13.4. The standard InChI is InChI=1S/C9H17NO3/c1-8(11)4-2-6-10-7-3-5-9(12)13/h3,5,8,10-11H,2,4,6-7H2,1H3,(H,12,13)/b5-3+. The molecule has 0 rings (SSSR count). The van der Waals surface area contributed by atoms with Crippen LogP contribution in [0.25, 0.3) is 0 Å². The highest BCUT2D eigenvalue weighted by Gasteiger charge is 1.93. The van der Waals surface area contributed by atoms with Gasteiger partial charge in [-0.1, -0.05) is 6.08 Å². The molecule has 4 heteroatoms. The molecule has 0 aromatic rings. The van der Waals surface area contributed by atoms with Crippen LogP contribution in [0.1, 0.15) is 19.8 Å². The molecule has 0 aromatic carbocycles.